The van der Waals surface area contributed by atoms with E-state index in [1.165, 1.54) is 257 Å². The first-order valence-electron chi connectivity index (χ1n) is 30.5. The van der Waals surface area contributed by atoms with E-state index in [9.17, 15) is 19.8 Å². The lowest BCUT2D eigenvalue weighted by Gasteiger charge is -2.20. The van der Waals surface area contributed by atoms with Gasteiger partial charge in [0, 0.05) is 12.8 Å². The number of hydrogen-bond acceptors (Lipinski definition) is 5. The first-order valence-corrected chi connectivity index (χ1v) is 30.5. The minimum atomic E-state index is -0.851. The number of rotatable bonds is 57. The summed E-state index contributed by atoms with van der Waals surface area (Å²) in [5, 5.41) is 23.2. The maximum atomic E-state index is 12.5. The van der Waals surface area contributed by atoms with Crippen molar-refractivity contribution in [1.82, 2.24) is 5.32 Å². The van der Waals surface area contributed by atoms with Crippen molar-refractivity contribution in [3.63, 3.8) is 0 Å². The largest absolute Gasteiger partial charge is 0.466 e. The summed E-state index contributed by atoms with van der Waals surface area (Å²) in [7, 11) is 0. The van der Waals surface area contributed by atoms with Gasteiger partial charge in [-0.05, 0) is 32.1 Å². The lowest BCUT2D eigenvalue weighted by Crippen LogP contribution is -2.45. The average molecular weight is 947 g/mol. The highest BCUT2D eigenvalue weighted by Crippen LogP contribution is 2.18. The summed E-state index contributed by atoms with van der Waals surface area (Å²) in [6, 6.07) is -0.635. The molecule has 2 atom stereocenters. The molecule has 0 bridgehead atoms. The van der Waals surface area contributed by atoms with Crippen LogP contribution in [-0.2, 0) is 14.3 Å². The molecule has 0 spiro atoms. The molecule has 0 aromatic heterocycles. The second-order valence-corrected chi connectivity index (χ2v) is 21.0. The van der Waals surface area contributed by atoms with Gasteiger partial charge in [0.15, 0.2) is 0 Å². The fourth-order valence-electron chi connectivity index (χ4n) is 9.64. The average Bonchev–Trinajstić information content (AvgIpc) is 3.33. The highest BCUT2D eigenvalue weighted by molar-refractivity contribution is 5.76. The number of aliphatic hydroxyl groups is 2. The quantitative estimate of drug-likeness (QED) is 0.0321. The summed E-state index contributed by atoms with van der Waals surface area (Å²) in [4.78, 5) is 24.6. The fraction of sp³-hybridized carbons (Fsp3) is 0.934. The molecule has 0 aliphatic carbocycles. The Kier molecular flexibility index (Phi) is 56.0. The van der Waals surface area contributed by atoms with E-state index in [0.29, 0.717) is 19.4 Å². The predicted octanol–water partition coefficient (Wildman–Crippen LogP) is 18.9. The standard InChI is InChI=1S/C61H119NO5/c1-3-5-7-9-11-13-15-17-19-21-22-23-24-25-29-33-37-41-45-49-53-59(64)58(57-63)62-60(65)54-50-46-42-38-34-30-27-28-32-36-40-44-48-52-56-67-61(66)55-51-47-43-39-35-31-26-20-18-16-14-12-10-8-6-4-2/h49,53,58-59,63-64H,3-48,50-52,54-57H2,1-2H3,(H,62,65)/b53-49+. The zero-order valence-electron chi connectivity index (χ0n) is 45.4. The summed E-state index contributed by atoms with van der Waals surface area (Å²) < 4.78 is 5.48. The minimum absolute atomic E-state index is 0.000953. The monoisotopic (exact) mass is 946 g/mol. The number of amides is 1. The van der Waals surface area contributed by atoms with Crippen molar-refractivity contribution in [3.8, 4) is 0 Å². The summed E-state index contributed by atoms with van der Waals surface area (Å²) in [6.45, 7) is 4.91. The number of aliphatic hydroxyl groups excluding tert-OH is 2. The Morgan fingerprint density at radius 2 is 0.687 bits per heavy atom. The molecule has 2 unspecified atom stereocenters. The van der Waals surface area contributed by atoms with E-state index in [1.807, 2.05) is 6.08 Å². The number of carbonyl (C=O) groups is 2. The van der Waals surface area contributed by atoms with Crippen molar-refractivity contribution in [1.29, 1.82) is 0 Å². The van der Waals surface area contributed by atoms with Crippen LogP contribution >= 0.6 is 0 Å². The molecule has 0 heterocycles. The molecule has 0 aromatic rings. The van der Waals surface area contributed by atoms with Crippen LogP contribution in [0.2, 0.25) is 0 Å². The molecule has 6 nitrogen and oxygen atoms in total. The molecule has 6 heteroatoms. The Bertz CT molecular complexity index is 1000. The fourth-order valence-corrected chi connectivity index (χ4v) is 9.64. The molecule has 1 amide bonds. The number of allylic oxidation sites excluding steroid dienone is 1. The van der Waals surface area contributed by atoms with Crippen LogP contribution in [0.15, 0.2) is 12.2 Å². The lowest BCUT2D eigenvalue weighted by atomic mass is 10.0. The smallest absolute Gasteiger partial charge is 0.305 e. The molecule has 398 valence electrons. The molecule has 67 heavy (non-hydrogen) atoms. The van der Waals surface area contributed by atoms with E-state index in [4.69, 9.17) is 4.74 Å². The molecule has 0 radical (unpaired) electrons. The van der Waals surface area contributed by atoms with Gasteiger partial charge in [0.25, 0.3) is 0 Å². The minimum Gasteiger partial charge on any atom is -0.466 e. The molecule has 0 aromatic carbocycles. The zero-order chi connectivity index (χ0) is 48.6. The number of nitrogens with one attached hydrogen (secondary N) is 1. The molecular weight excluding hydrogens is 827 g/mol. The number of ether oxygens (including phenoxy) is 1. The van der Waals surface area contributed by atoms with Crippen LogP contribution in [0, 0.1) is 0 Å². The van der Waals surface area contributed by atoms with Gasteiger partial charge in [-0.15, -0.1) is 0 Å². The van der Waals surface area contributed by atoms with Gasteiger partial charge in [-0.2, -0.15) is 0 Å². The summed E-state index contributed by atoms with van der Waals surface area (Å²) in [5.41, 5.74) is 0. The second kappa shape index (κ2) is 57.2. The van der Waals surface area contributed by atoms with E-state index >= 15 is 0 Å². The van der Waals surface area contributed by atoms with Crippen molar-refractivity contribution in [3.05, 3.63) is 12.2 Å². The molecular formula is C61H119NO5. The molecule has 0 rings (SSSR count). The Balaban J connectivity index is 3.45. The van der Waals surface area contributed by atoms with E-state index < -0.39 is 12.1 Å². The Morgan fingerprint density at radius 3 is 1.01 bits per heavy atom. The van der Waals surface area contributed by atoms with Gasteiger partial charge >= 0.3 is 5.97 Å². The van der Waals surface area contributed by atoms with Gasteiger partial charge in [0.05, 0.1) is 25.4 Å². The van der Waals surface area contributed by atoms with E-state index in [-0.39, 0.29) is 18.5 Å². The van der Waals surface area contributed by atoms with Crippen molar-refractivity contribution in [2.45, 2.75) is 353 Å². The van der Waals surface area contributed by atoms with E-state index in [0.717, 1.165) is 57.8 Å². The van der Waals surface area contributed by atoms with Gasteiger partial charge < -0.3 is 20.3 Å². The first-order chi connectivity index (χ1) is 33.0. The number of unbranched alkanes of at least 4 members (excludes halogenated alkanes) is 46. The third kappa shape index (κ3) is 53.8. The van der Waals surface area contributed by atoms with Crippen LogP contribution in [0.25, 0.3) is 0 Å². The first kappa shape index (κ1) is 65.6. The van der Waals surface area contributed by atoms with Gasteiger partial charge in [-0.1, -0.05) is 309 Å². The van der Waals surface area contributed by atoms with Crippen LogP contribution in [0.3, 0.4) is 0 Å². The molecule has 0 saturated carbocycles. The van der Waals surface area contributed by atoms with Gasteiger partial charge in [-0.25, -0.2) is 0 Å². The molecule has 0 saturated heterocycles. The molecule has 0 aliphatic heterocycles. The SMILES string of the molecule is CCCCCCCCCCCCCCCCCCCC/C=C/C(O)C(CO)NC(=O)CCCCCCCCCCCCCCCCOC(=O)CCCCCCCCCCCCCCCCCC. The van der Waals surface area contributed by atoms with Crippen molar-refractivity contribution >= 4 is 11.9 Å². The highest BCUT2D eigenvalue weighted by Gasteiger charge is 2.18. The highest BCUT2D eigenvalue weighted by atomic mass is 16.5. The van der Waals surface area contributed by atoms with Crippen LogP contribution in [-0.4, -0.2) is 47.4 Å². The summed E-state index contributed by atoms with van der Waals surface area (Å²) in [5.74, 6) is -0.0737. The normalized spacial score (nSPS) is 12.6. The predicted molar refractivity (Wildman–Crippen MR) is 292 cm³/mol. The van der Waals surface area contributed by atoms with Crippen LogP contribution < -0.4 is 5.32 Å². The van der Waals surface area contributed by atoms with Crippen LogP contribution in [0.1, 0.15) is 341 Å². The van der Waals surface area contributed by atoms with E-state index in [2.05, 4.69) is 19.2 Å². The Labute approximate surface area is 419 Å². The van der Waals surface area contributed by atoms with Crippen LogP contribution in [0.5, 0.6) is 0 Å². The third-order valence-electron chi connectivity index (χ3n) is 14.3. The number of carbonyl (C=O) groups excluding carboxylic acids is 2. The van der Waals surface area contributed by atoms with Crippen molar-refractivity contribution in [2.75, 3.05) is 13.2 Å². The maximum Gasteiger partial charge on any atom is 0.305 e. The Morgan fingerprint density at radius 1 is 0.403 bits per heavy atom. The summed E-state index contributed by atoms with van der Waals surface area (Å²) in [6.07, 6.45) is 68.1. The topological polar surface area (TPSA) is 95.9 Å². The summed E-state index contributed by atoms with van der Waals surface area (Å²) >= 11 is 0. The lowest BCUT2D eigenvalue weighted by molar-refractivity contribution is -0.143. The van der Waals surface area contributed by atoms with Gasteiger partial charge in [-0.3, -0.25) is 9.59 Å². The van der Waals surface area contributed by atoms with Crippen molar-refractivity contribution < 1.29 is 24.5 Å². The van der Waals surface area contributed by atoms with E-state index in [1.54, 1.807) is 6.08 Å². The molecule has 0 aliphatic rings. The van der Waals surface area contributed by atoms with Gasteiger partial charge in [0.1, 0.15) is 0 Å². The van der Waals surface area contributed by atoms with Crippen LogP contribution in [0.4, 0.5) is 0 Å². The number of esters is 1. The molecule has 3 N–H and O–H groups in total. The molecule has 0 fully saturated rings. The Hall–Kier alpha value is -1.40. The van der Waals surface area contributed by atoms with Crippen molar-refractivity contribution in [2.24, 2.45) is 0 Å². The number of hydrogen-bond donors (Lipinski definition) is 3. The maximum absolute atomic E-state index is 12.5. The zero-order valence-corrected chi connectivity index (χ0v) is 45.4. The third-order valence-corrected chi connectivity index (χ3v) is 14.3. The second-order valence-electron chi connectivity index (χ2n) is 21.0. The van der Waals surface area contributed by atoms with Gasteiger partial charge in [0.2, 0.25) is 5.91 Å².